The first kappa shape index (κ1) is 25.5. The zero-order chi connectivity index (χ0) is 27.4. The van der Waals surface area contributed by atoms with E-state index in [9.17, 15) is 29.1 Å². The fourth-order valence-corrected chi connectivity index (χ4v) is 6.56. The molecule has 38 heavy (non-hydrogen) atoms. The summed E-state index contributed by atoms with van der Waals surface area (Å²) in [4.78, 5) is 65.1. The van der Waals surface area contributed by atoms with Gasteiger partial charge in [-0.1, -0.05) is 42.0 Å². The van der Waals surface area contributed by atoms with Crippen LogP contribution in [0, 0.1) is 6.92 Å². The minimum absolute atomic E-state index is 0.264. The summed E-state index contributed by atoms with van der Waals surface area (Å²) in [5.41, 5.74) is 0.571. The van der Waals surface area contributed by atoms with Gasteiger partial charge in [0.05, 0.1) is 0 Å². The van der Waals surface area contributed by atoms with Crippen LogP contribution < -0.4 is 16.3 Å². The second kappa shape index (κ2) is 9.32. The average Bonchev–Trinajstić information content (AvgIpc) is 3.13. The molecule has 0 saturated carbocycles. The molecule has 2 fully saturated rings. The van der Waals surface area contributed by atoms with Crippen LogP contribution in [0.15, 0.2) is 63.8 Å². The summed E-state index contributed by atoms with van der Waals surface area (Å²) in [6, 6.07) is 11.8. The van der Waals surface area contributed by atoms with Crippen molar-refractivity contribution in [2.24, 2.45) is 0 Å². The van der Waals surface area contributed by atoms with E-state index in [0.29, 0.717) is 16.5 Å². The lowest BCUT2D eigenvalue weighted by atomic mass is 9.95. The van der Waals surface area contributed by atoms with Crippen LogP contribution in [0.3, 0.4) is 0 Å². The van der Waals surface area contributed by atoms with Gasteiger partial charge in [-0.25, -0.2) is 9.59 Å². The number of aryl methyl sites for hydroxylation is 1. The molecule has 2 aromatic carbocycles. The standard InChI is InChI=1S/C27H25N3O7S/c1-13-9-10-17-15(11-13)12-16(26(36)37-17)21(31)28-18(14-7-5-4-6-8-14)22(32)29-19-23(33)30-20(25(34)35)27(2,3)38-24(19)30/h4-12,18-20,24H,1-3H3,(H,28,31)(H,29,32)(H,34,35)/t18?,19-,20+,24-/m1/s1. The monoisotopic (exact) mass is 535 g/mol. The Morgan fingerprint density at radius 1 is 1.08 bits per heavy atom. The van der Waals surface area contributed by atoms with Gasteiger partial charge in [0.2, 0.25) is 11.8 Å². The van der Waals surface area contributed by atoms with E-state index < -0.39 is 57.6 Å². The van der Waals surface area contributed by atoms with E-state index in [-0.39, 0.29) is 5.56 Å². The lowest BCUT2D eigenvalue weighted by Gasteiger charge is -2.44. The molecule has 2 saturated heterocycles. The van der Waals surface area contributed by atoms with Crippen molar-refractivity contribution in [3.63, 3.8) is 0 Å². The Hall–Kier alpha value is -4.12. The number of carboxylic acid groups (broad SMARTS) is 1. The minimum Gasteiger partial charge on any atom is -0.480 e. The number of benzene rings is 2. The fraction of sp³-hybridized carbons (Fsp3) is 0.296. The van der Waals surface area contributed by atoms with Crippen LogP contribution in [0.4, 0.5) is 0 Å². The lowest BCUT2D eigenvalue weighted by molar-refractivity contribution is -0.161. The number of carbonyl (C=O) groups is 4. The highest BCUT2D eigenvalue weighted by Gasteiger charge is 2.64. The van der Waals surface area contributed by atoms with Crippen molar-refractivity contribution >= 4 is 46.4 Å². The molecule has 5 rings (SSSR count). The van der Waals surface area contributed by atoms with E-state index in [1.807, 2.05) is 6.92 Å². The van der Waals surface area contributed by atoms with Gasteiger partial charge in [-0.3, -0.25) is 14.4 Å². The molecule has 0 radical (unpaired) electrons. The highest BCUT2D eigenvalue weighted by molar-refractivity contribution is 8.01. The smallest absolute Gasteiger partial charge is 0.349 e. The van der Waals surface area contributed by atoms with E-state index in [4.69, 9.17) is 4.42 Å². The third-order valence-corrected chi connectivity index (χ3v) is 8.35. The number of nitrogens with zero attached hydrogens (tertiary/aromatic N) is 1. The number of carbonyl (C=O) groups excluding carboxylic acids is 3. The first-order valence-electron chi connectivity index (χ1n) is 11.9. The van der Waals surface area contributed by atoms with Gasteiger partial charge < -0.3 is 25.1 Å². The number of β-lactam (4-membered cyclic amide) rings is 1. The van der Waals surface area contributed by atoms with Crippen molar-refractivity contribution in [1.82, 2.24) is 15.5 Å². The van der Waals surface area contributed by atoms with Gasteiger partial charge in [-0.2, -0.15) is 0 Å². The third-order valence-electron chi connectivity index (χ3n) is 6.78. The first-order valence-corrected chi connectivity index (χ1v) is 12.8. The summed E-state index contributed by atoms with van der Waals surface area (Å²) in [7, 11) is 0. The molecule has 2 aliphatic rings. The topological polar surface area (TPSA) is 146 Å². The molecule has 4 atom stereocenters. The van der Waals surface area contributed by atoms with Crippen molar-refractivity contribution in [2.75, 3.05) is 0 Å². The molecule has 2 aliphatic heterocycles. The van der Waals surface area contributed by atoms with Gasteiger partial charge in [0.25, 0.3) is 5.91 Å². The molecule has 11 heteroatoms. The second-order valence-corrected chi connectivity index (χ2v) is 11.7. The Morgan fingerprint density at radius 3 is 2.47 bits per heavy atom. The van der Waals surface area contributed by atoms with Crippen LogP contribution in [0.1, 0.15) is 41.4 Å². The van der Waals surface area contributed by atoms with Gasteiger partial charge in [0, 0.05) is 10.1 Å². The predicted molar refractivity (Wildman–Crippen MR) is 140 cm³/mol. The van der Waals surface area contributed by atoms with E-state index >= 15 is 0 Å². The molecule has 10 nitrogen and oxygen atoms in total. The Balaban J connectivity index is 1.40. The first-order chi connectivity index (χ1) is 18.0. The molecule has 3 aromatic rings. The normalized spacial score (nSPS) is 22.3. The summed E-state index contributed by atoms with van der Waals surface area (Å²) in [6.45, 7) is 5.35. The molecule has 1 aromatic heterocycles. The van der Waals surface area contributed by atoms with E-state index in [2.05, 4.69) is 10.6 Å². The van der Waals surface area contributed by atoms with Crippen LogP contribution in [0.2, 0.25) is 0 Å². The van der Waals surface area contributed by atoms with Crippen LogP contribution in [-0.2, 0) is 14.4 Å². The summed E-state index contributed by atoms with van der Waals surface area (Å²) in [6.07, 6.45) is 0. The summed E-state index contributed by atoms with van der Waals surface area (Å²) >= 11 is 1.30. The number of carboxylic acids is 1. The summed E-state index contributed by atoms with van der Waals surface area (Å²) in [5, 5.41) is 14.9. The number of aliphatic carboxylic acids is 1. The SMILES string of the molecule is Cc1ccc2oc(=O)c(C(=O)NC(C(=O)N[C@@H]3C(=O)N4[C@@H]3SC(C)(C)[C@@H]4C(=O)O)c3ccccc3)cc2c1. The second-order valence-electron chi connectivity index (χ2n) is 9.89. The predicted octanol–water partition coefficient (Wildman–Crippen LogP) is 2.20. The van der Waals surface area contributed by atoms with Gasteiger partial charge in [0.1, 0.15) is 34.6 Å². The van der Waals surface area contributed by atoms with Gasteiger partial charge in [-0.05, 0) is 44.5 Å². The number of fused-ring (bicyclic) bond motifs is 2. The highest BCUT2D eigenvalue weighted by Crippen LogP contribution is 2.50. The van der Waals surface area contributed by atoms with E-state index in [1.54, 1.807) is 62.4 Å². The minimum atomic E-state index is -1.23. The summed E-state index contributed by atoms with van der Waals surface area (Å²) < 4.78 is 4.55. The molecule has 3 heterocycles. The maximum absolute atomic E-state index is 13.4. The van der Waals surface area contributed by atoms with Crippen molar-refractivity contribution in [3.8, 4) is 0 Å². The van der Waals surface area contributed by atoms with Crippen molar-refractivity contribution in [3.05, 3.63) is 81.7 Å². The third kappa shape index (κ3) is 4.32. The van der Waals surface area contributed by atoms with Crippen molar-refractivity contribution in [2.45, 2.75) is 49.0 Å². The van der Waals surface area contributed by atoms with Crippen LogP contribution in [0.5, 0.6) is 0 Å². The summed E-state index contributed by atoms with van der Waals surface area (Å²) in [5.74, 6) is -3.09. The number of hydrogen-bond acceptors (Lipinski definition) is 7. The molecular weight excluding hydrogens is 510 g/mol. The van der Waals surface area contributed by atoms with Crippen LogP contribution >= 0.6 is 11.8 Å². The average molecular weight is 536 g/mol. The van der Waals surface area contributed by atoms with Gasteiger partial charge >= 0.3 is 11.6 Å². The van der Waals surface area contributed by atoms with Gasteiger partial charge in [0.15, 0.2) is 0 Å². The highest BCUT2D eigenvalue weighted by atomic mass is 32.2. The van der Waals surface area contributed by atoms with E-state index in [1.165, 1.54) is 22.7 Å². The van der Waals surface area contributed by atoms with E-state index in [0.717, 1.165) is 5.56 Å². The lowest BCUT2D eigenvalue weighted by Crippen LogP contribution is -2.71. The number of nitrogens with one attached hydrogen (secondary N) is 2. The Morgan fingerprint density at radius 2 is 1.79 bits per heavy atom. The van der Waals surface area contributed by atoms with Crippen LogP contribution in [0.25, 0.3) is 11.0 Å². The molecule has 0 aliphatic carbocycles. The Kier molecular flexibility index (Phi) is 6.26. The number of rotatable bonds is 6. The fourth-order valence-electron chi connectivity index (χ4n) is 4.94. The van der Waals surface area contributed by atoms with Crippen molar-refractivity contribution < 1.29 is 28.7 Å². The number of hydrogen-bond donors (Lipinski definition) is 3. The molecule has 196 valence electrons. The Bertz CT molecular complexity index is 1530. The van der Waals surface area contributed by atoms with Gasteiger partial charge in [-0.15, -0.1) is 11.8 Å². The number of amides is 3. The number of thioether (sulfide) groups is 1. The molecular formula is C27H25N3O7S. The molecule has 0 bridgehead atoms. The zero-order valence-electron chi connectivity index (χ0n) is 20.8. The van der Waals surface area contributed by atoms with Crippen LogP contribution in [-0.4, -0.2) is 55.9 Å². The van der Waals surface area contributed by atoms with Crippen molar-refractivity contribution in [1.29, 1.82) is 0 Å². The molecule has 3 amide bonds. The molecule has 0 spiro atoms. The Labute approximate surface area is 221 Å². The maximum Gasteiger partial charge on any atom is 0.349 e. The zero-order valence-corrected chi connectivity index (χ0v) is 21.6. The maximum atomic E-state index is 13.4. The largest absolute Gasteiger partial charge is 0.480 e. The molecule has 3 N–H and O–H groups in total. The quantitative estimate of drug-likeness (QED) is 0.322. The molecule has 1 unspecified atom stereocenters.